The molecule has 0 bridgehead atoms. The van der Waals surface area contributed by atoms with E-state index in [2.05, 4.69) is 54.5 Å². The van der Waals surface area contributed by atoms with Crippen molar-refractivity contribution < 1.29 is 20.4 Å². The zero-order chi connectivity index (χ0) is 24.5. The Kier molecular flexibility index (Phi) is 6.69. The molecule has 0 aromatic heterocycles. The van der Waals surface area contributed by atoms with Crippen molar-refractivity contribution in [3.63, 3.8) is 0 Å². The third-order valence-electron chi connectivity index (χ3n) is 11.7. The Bertz CT molecular complexity index is 763. The normalized spacial score (nSPS) is 52.1. The van der Waals surface area contributed by atoms with Crippen molar-refractivity contribution in [1.82, 2.24) is 0 Å². The van der Waals surface area contributed by atoms with Crippen LogP contribution in [0.1, 0.15) is 93.4 Å². The quantitative estimate of drug-likeness (QED) is 0.446. The fourth-order valence-electron chi connectivity index (χ4n) is 9.49. The highest BCUT2D eigenvalue weighted by molar-refractivity contribution is 5.20. The van der Waals surface area contributed by atoms with Gasteiger partial charge in [-0.3, -0.25) is 0 Å². The van der Waals surface area contributed by atoms with Gasteiger partial charge >= 0.3 is 0 Å². The smallest absolute Gasteiger partial charge is 0.0986 e. The first-order valence-electron chi connectivity index (χ1n) is 13.7. The molecular weight excluding hydrogens is 412 g/mol. The lowest BCUT2D eigenvalue weighted by molar-refractivity contribution is -0.282. The third-order valence-corrected chi connectivity index (χ3v) is 11.7. The van der Waals surface area contributed by atoms with Gasteiger partial charge in [-0.25, -0.2) is 0 Å². The van der Waals surface area contributed by atoms with Crippen molar-refractivity contribution in [3.05, 3.63) is 11.6 Å². The standard InChI is InChI=1S/C29H50O4/c1-16(2)19(5)17(3)12-18(4)22-8-9-23-21-13-25(32)29(33)14-20(30)10-11-28(29,7)26(21)24(31)15-27(22,23)6/h12,16,18-26,30-33H,8-11,13-15H2,1-7H3/b17-12+/t18?,19-,20+,21+,22-,23+,24-,25-,26-,27-,28-,29+/m1/s1. The monoisotopic (exact) mass is 462 g/mol. The first kappa shape index (κ1) is 25.7. The molecule has 4 nitrogen and oxygen atoms in total. The zero-order valence-corrected chi connectivity index (χ0v) is 22.1. The van der Waals surface area contributed by atoms with Crippen LogP contribution in [0.3, 0.4) is 0 Å². The average Bonchev–Trinajstić information content (AvgIpc) is 3.06. The Morgan fingerprint density at radius 2 is 1.64 bits per heavy atom. The number of rotatable bonds is 4. The highest BCUT2D eigenvalue weighted by atomic mass is 16.3. The second-order valence-corrected chi connectivity index (χ2v) is 13.5. The molecule has 190 valence electrons. The van der Waals surface area contributed by atoms with Crippen LogP contribution in [0.5, 0.6) is 0 Å². The largest absolute Gasteiger partial charge is 0.393 e. The van der Waals surface area contributed by atoms with Gasteiger partial charge in [0, 0.05) is 11.8 Å². The Hall–Kier alpha value is -0.420. The zero-order valence-electron chi connectivity index (χ0n) is 22.1. The van der Waals surface area contributed by atoms with E-state index < -0.39 is 29.3 Å². The number of hydrogen-bond donors (Lipinski definition) is 4. The summed E-state index contributed by atoms with van der Waals surface area (Å²) in [7, 11) is 0. The lowest BCUT2D eigenvalue weighted by Crippen LogP contribution is -2.71. The van der Waals surface area contributed by atoms with Gasteiger partial charge in [0.25, 0.3) is 0 Å². The van der Waals surface area contributed by atoms with E-state index in [4.69, 9.17) is 0 Å². The minimum absolute atomic E-state index is 0.0104. The summed E-state index contributed by atoms with van der Waals surface area (Å²) in [6, 6.07) is 0. The molecule has 0 radical (unpaired) electrons. The van der Waals surface area contributed by atoms with Crippen LogP contribution in [0, 0.1) is 52.3 Å². The van der Waals surface area contributed by atoms with Gasteiger partial charge in [0.2, 0.25) is 0 Å². The topological polar surface area (TPSA) is 80.9 Å². The number of aliphatic hydroxyl groups excluding tert-OH is 3. The van der Waals surface area contributed by atoms with Gasteiger partial charge in [-0.2, -0.15) is 0 Å². The molecule has 0 aromatic carbocycles. The molecule has 12 atom stereocenters. The summed E-state index contributed by atoms with van der Waals surface area (Å²) in [5.41, 5.74) is -0.330. The highest BCUT2D eigenvalue weighted by Crippen LogP contribution is 2.69. The molecule has 33 heavy (non-hydrogen) atoms. The SMILES string of the molecule is C/C(=C\C(C)[C@H]1CC[C@H]2[C@@H]3C[C@@H](O)[C@@]4(O)C[C@@H](O)CC[C@]4(C)[C@H]3[C@H](O)C[C@]12C)[C@H](C)C(C)C. The highest BCUT2D eigenvalue weighted by Gasteiger charge is 2.69. The van der Waals surface area contributed by atoms with E-state index in [0.29, 0.717) is 48.9 Å². The van der Waals surface area contributed by atoms with E-state index >= 15 is 0 Å². The number of aliphatic hydroxyl groups is 4. The molecule has 0 amide bonds. The van der Waals surface area contributed by atoms with E-state index in [-0.39, 0.29) is 23.7 Å². The van der Waals surface area contributed by atoms with Gasteiger partial charge in [-0.1, -0.05) is 53.2 Å². The van der Waals surface area contributed by atoms with Crippen LogP contribution in [0.4, 0.5) is 0 Å². The minimum Gasteiger partial charge on any atom is -0.393 e. The second-order valence-electron chi connectivity index (χ2n) is 13.5. The Balaban J connectivity index is 1.63. The maximum absolute atomic E-state index is 11.7. The molecule has 4 aliphatic rings. The van der Waals surface area contributed by atoms with E-state index in [1.807, 2.05) is 0 Å². The first-order chi connectivity index (χ1) is 15.3. The molecule has 0 aliphatic heterocycles. The lowest BCUT2D eigenvalue weighted by Gasteiger charge is -2.66. The molecule has 0 spiro atoms. The van der Waals surface area contributed by atoms with Crippen LogP contribution in [0.25, 0.3) is 0 Å². The van der Waals surface area contributed by atoms with Crippen molar-refractivity contribution in [2.45, 2.75) is 117 Å². The van der Waals surface area contributed by atoms with Gasteiger partial charge in [0.1, 0.15) is 0 Å². The van der Waals surface area contributed by atoms with Crippen LogP contribution in [-0.2, 0) is 0 Å². The minimum atomic E-state index is -1.31. The fourth-order valence-corrected chi connectivity index (χ4v) is 9.49. The molecule has 0 aromatic rings. The Morgan fingerprint density at radius 1 is 0.970 bits per heavy atom. The molecule has 0 heterocycles. The summed E-state index contributed by atoms with van der Waals surface area (Å²) in [4.78, 5) is 0. The van der Waals surface area contributed by atoms with Crippen molar-refractivity contribution >= 4 is 0 Å². The molecule has 1 unspecified atom stereocenters. The summed E-state index contributed by atoms with van der Waals surface area (Å²) in [5.74, 6) is 2.90. The van der Waals surface area contributed by atoms with Crippen LogP contribution >= 0.6 is 0 Å². The summed E-state index contributed by atoms with van der Waals surface area (Å²) in [5, 5.41) is 44.8. The predicted octanol–water partition coefficient (Wildman–Crippen LogP) is 4.94. The first-order valence-corrected chi connectivity index (χ1v) is 13.7. The molecule has 4 heteroatoms. The van der Waals surface area contributed by atoms with Gasteiger partial charge < -0.3 is 20.4 Å². The predicted molar refractivity (Wildman–Crippen MR) is 132 cm³/mol. The number of hydrogen-bond acceptors (Lipinski definition) is 4. The molecule has 4 rings (SSSR count). The number of fused-ring (bicyclic) bond motifs is 5. The lowest BCUT2D eigenvalue weighted by atomic mass is 9.41. The van der Waals surface area contributed by atoms with E-state index in [9.17, 15) is 20.4 Å². The molecule has 4 aliphatic carbocycles. The second kappa shape index (κ2) is 8.61. The van der Waals surface area contributed by atoms with Gasteiger partial charge in [-0.15, -0.1) is 0 Å². The van der Waals surface area contributed by atoms with E-state index in [0.717, 1.165) is 12.8 Å². The maximum Gasteiger partial charge on any atom is 0.0986 e. The van der Waals surface area contributed by atoms with E-state index in [1.165, 1.54) is 12.0 Å². The maximum atomic E-state index is 11.7. The van der Waals surface area contributed by atoms with Gasteiger partial charge in [-0.05, 0) is 92.3 Å². The van der Waals surface area contributed by atoms with Crippen LogP contribution in [0.15, 0.2) is 11.6 Å². The summed E-state index contributed by atoms with van der Waals surface area (Å²) >= 11 is 0. The Morgan fingerprint density at radius 3 is 2.27 bits per heavy atom. The van der Waals surface area contributed by atoms with Crippen LogP contribution in [-0.4, -0.2) is 44.3 Å². The van der Waals surface area contributed by atoms with Crippen molar-refractivity contribution in [3.8, 4) is 0 Å². The van der Waals surface area contributed by atoms with Crippen molar-refractivity contribution in [2.75, 3.05) is 0 Å². The molecule has 4 fully saturated rings. The summed E-state index contributed by atoms with van der Waals surface area (Å²) in [6.07, 6.45) is 5.80. The van der Waals surface area contributed by atoms with Crippen molar-refractivity contribution in [2.24, 2.45) is 52.3 Å². The average molecular weight is 463 g/mol. The summed E-state index contributed by atoms with van der Waals surface area (Å²) < 4.78 is 0. The molecular formula is C29H50O4. The summed E-state index contributed by atoms with van der Waals surface area (Å²) in [6.45, 7) is 16.0. The van der Waals surface area contributed by atoms with E-state index in [1.54, 1.807) is 0 Å². The van der Waals surface area contributed by atoms with Crippen LogP contribution < -0.4 is 0 Å². The van der Waals surface area contributed by atoms with Gasteiger partial charge in [0.15, 0.2) is 0 Å². The molecule has 4 N–H and O–H groups in total. The van der Waals surface area contributed by atoms with Gasteiger partial charge in [0.05, 0.1) is 23.9 Å². The van der Waals surface area contributed by atoms with Crippen LogP contribution in [0.2, 0.25) is 0 Å². The van der Waals surface area contributed by atoms with Crippen molar-refractivity contribution in [1.29, 1.82) is 0 Å². The third kappa shape index (κ3) is 3.77. The number of allylic oxidation sites excluding steroid dienone is 2. The molecule has 0 saturated heterocycles. The Labute approximate surface area is 201 Å². The molecule has 4 saturated carbocycles. The fraction of sp³-hybridized carbons (Fsp3) is 0.931.